The van der Waals surface area contributed by atoms with E-state index in [2.05, 4.69) is 15.5 Å². The summed E-state index contributed by atoms with van der Waals surface area (Å²) >= 11 is 6.04. The van der Waals surface area contributed by atoms with Gasteiger partial charge in [0.15, 0.2) is 0 Å². The van der Waals surface area contributed by atoms with Crippen molar-refractivity contribution in [3.8, 4) is 0 Å². The Morgan fingerprint density at radius 3 is 2.68 bits per heavy atom. The molecular weight excluding hydrogens is 310 g/mol. The molecule has 2 N–H and O–H groups in total. The van der Waals surface area contributed by atoms with E-state index >= 15 is 0 Å². The number of carbonyl (C=O) groups is 2. The van der Waals surface area contributed by atoms with Crippen LogP contribution < -0.4 is 5.32 Å². The van der Waals surface area contributed by atoms with Crippen molar-refractivity contribution in [3.05, 3.63) is 34.4 Å². The summed E-state index contributed by atoms with van der Waals surface area (Å²) < 4.78 is 2.85. The number of aryl methyl sites for hydroxylation is 1. The van der Waals surface area contributed by atoms with E-state index in [-0.39, 0.29) is 18.1 Å². The number of nitrogens with zero attached hydrogens (tertiary/aromatic N) is 4. The molecule has 0 aliphatic carbocycles. The third kappa shape index (κ3) is 3.45. The predicted molar refractivity (Wildman–Crippen MR) is 78.9 cm³/mol. The van der Waals surface area contributed by atoms with Crippen molar-refractivity contribution in [2.75, 3.05) is 6.54 Å². The van der Waals surface area contributed by atoms with Gasteiger partial charge in [0.25, 0.3) is 0 Å². The Morgan fingerprint density at radius 1 is 1.36 bits per heavy atom. The lowest BCUT2D eigenvalue weighted by molar-refractivity contribution is -0.121. The van der Waals surface area contributed by atoms with Crippen LogP contribution in [0.25, 0.3) is 0 Å². The standard InChI is InChI=1S/C13H16ClN5O3/c1-8-12(14)9(2)18(17-8)6-5-15-11(20)7-19-10(13(21)22)3-4-16-19/h3-4H,5-7H2,1-2H3,(H,15,20)(H,21,22). The predicted octanol–water partition coefficient (Wildman–Crippen LogP) is 0.864. The van der Waals surface area contributed by atoms with Gasteiger partial charge in [-0.05, 0) is 19.9 Å². The molecule has 0 fully saturated rings. The van der Waals surface area contributed by atoms with E-state index in [1.807, 2.05) is 13.8 Å². The average Bonchev–Trinajstić information content (AvgIpc) is 3.00. The van der Waals surface area contributed by atoms with Crippen LogP contribution in [0, 0.1) is 13.8 Å². The van der Waals surface area contributed by atoms with Crippen LogP contribution in [0.15, 0.2) is 12.3 Å². The molecule has 2 aromatic rings. The summed E-state index contributed by atoms with van der Waals surface area (Å²) in [5, 5.41) is 20.3. The van der Waals surface area contributed by atoms with Gasteiger partial charge in [-0.15, -0.1) is 0 Å². The second-order valence-corrected chi connectivity index (χ2v) is 5.12. The van der Waals surface area contributed by atoms with E-state index in [0.29, 0.717) is 18.1 Å². The van der Waals surface area contributed by atoms with Gasteiger partial charge in [-0.3, -0.25) is 9.48 Å². The van der Waals surface area contributed by atoms with Crippen LogP contribution in [0.1, 0.15) is 21.9 Å². The average molecular weight is 326 g/mol. The van der Waals surface area contributed by atoms with Gasteiger partial charge in [-0.2, -0.15) is 10.2 Å². The zero-order valence-electron chi connectivity index (χ0n) is 12.2. The number of rotatable bonds is 6. The van der Waals surface area contributed by atoms with E-state index in [9.17, 15) is 9.59 Å². The van der Waals surface area contributed by atoms with E-state index in [1.54, 1.807) is 4.68 Å². The lowest BCUT2D eigenvalue weighted by Crippen LogP contribution is -2.32. The van der Waals surface area contributed by atoms with Crippen LogP contribution in [-0.4, -0.2) is 43.1 Å². The number of aromatic nitrogens is 4. The van der Waals surface area contributed by atoms with Crippen LogP contribution in [0.5, 0.6) is 0 Å². The summed E-state index contributed by atoms with van der Waals surface area (Å²) in [4.78, 5) is 22.7. The maximum Gasteiger partial charge on any atom is 0.354 e. The van der Waals surface area contributed by atoms with Crippen molar-refractivity contribution in [1.82, 2.24) is 24.9 Å². The number of aromatic carboxylic acids is 1. The first-order valence-corrected chi connectivity index (χ1v) is 6.99. The third-order valence-corrected chi connectivity index (χ3v) is 3.71. The van der Waals surface area contributed by atoms with Gasteiger partial charge in [0.05, 0.1) is 23.0 Å². The number of carbonyl (C=O) groups excluding carboxylic acids is 1. The van der Waals surface area contributed by atoms with E-state index < -0.39 is 5.97 Å². The lowest BCUT2D eigenvalue weighted by atomic mass is 10.4. The van der Waals surface area contributed by atoms with Gasteiger partial charge in [0.2, 0.25) is 5.91 Å². The Kier molecular flexibility index (Phi) is 4.81. The second-order valence-electron chi connectivity index (χ2n) is 4.74. The highest BCUT2D eigenvalue weighted by molar-refractivity contribution is 6.31. The van der Waals surface area contributed by atoms with Gasteiger partial charge in [-0.25, -0.2) is 9.48 Å². The number of hydrogen-bond donors (Lipinski definition) is 2. The van der Waals surface area contributed by atoms with Crippen molar-refractivity contribution < 1.29 is 14.7 Å². The molecule has 0 radical (unpaired) electrons. The highest BCUT2D eigenvalue weighted by Crippen LogP contribution is 2.18. The maximum absolute atomic E-state index is 11.8. The van der Waals surface area contributed by atoms with Crippen LogP contribution in [0.4, 0.5) is 0 Å². The number of halogens is 1. The van der Waals surface area contributed by atoms with Gasteiger partial charge in [0, 0.05) is 12.7 Å². The van der Waals surface area contributed by atoms with Crippen molar-refractivity contribution >= 4 is 23.5 Å². The highest BCUT2D eigenvalue weighted by atomic mass is 35.5. The highest BCUT2D eigenvalue weighted by Gasteiger charge is 2.13. The zero-order chi connectivity index (χ0) is 16.3. The largest absolute Gasteiger partial charge is 0.477 e. The van der Waals surface area contributed by atoms with Crippen LogP contribution in [-0.2, 0) is 17.9 Å². The zero-order valence-corrected chi connectivity index (χ0v) is 13.0. The Hall–Kier alpha value is -2.35. The normalized spacial score (nSPS) is 10.7. The molecule has 0 saturated carbocycles. The van der Waals surface area contributed by atoms with Crippen molar-refractivity contribution in [3.63, 3.8) is 0 Å². The molecule has 2 rings (SSSR count). The molecule has 0 saturated heterocycles. The smallest absolute Gasteiger partial charge is 0.354 e. The first kappa shape index (κ1) is 16.0. The van der Waals surface area contributed by atoms with Gasteiger partial charge in [-0.1, -0.05) is 11.6 Å². The fourth-order valence-electron chi connectivity index (χ4n) is 2.03. The number of nitrogens with one attached hydrogen (secondary N) is 1. The molecule has 2 aromatic heterocycles. The summed E-state index contributed by atoms with van der Waals surface area (Å²) in [6.45, 7) is 4.37. The molecular formula is C13H16ClN5O3. The molecule has 22 heavy (non-hydrogen) atoms. The van der Waals surface area contributed by atoms with Crippen LogP contribution >= 0.6 is 11.6 Å². The lowest BCUT2D eigenvalue weighted by Gasteiger charge is -2.08. The first-order chi connectivity index (χ1) is 10.4. The fraction of sp³-hybridized carbons (Fsp3) is 0.385. The topological polar surface area (TPSA) is 102 Å². The molecule has 0 atom stereocenters. The summed E-state index contributed by atoms with van der Waals surface area (Å²) in [5.41, 5.74) is 1.56. The molecule has 2 heterocycles. The SMILES string of the molecule is Cc1nn(CCNC(=O)Cn2nccc2C(=O)O)c(C)c1Cl. The molecule has 0 aromatic carbocycles. The molecule has 0 bridgehead atoms. The Morgan fingerprint density at radius 2 is 2.09 bits per heavy atom. The number of hydrogen-bond acceptors (Lipinski definition) is 4. The number of carboxylic acids is 1. The van der Waals surface area contributed by atoms with Crippen LogP contribution in [0.2, 0.25) is 5.02 Å². The Bertz CT molecular complexity index is 707. The number of carboxylic acid groups (broad SMARTS) is 1. The third-order valence-electron chi connectivity index (χ3n) is 3.17. The van der Waals surface area contributed by atoms with Crippen molar-refractivity contribution in [1.29, 1.82) is 0 Å². The van der Waals surface area contributed by atoms with E-state index in [1.165, 1.54) is 12.3 Å². The molecule has 0 aliphatic heterocycles. The summed E-state index contributed by atoms with van der Waals surface area (Å²) in [6.07, 6.45) is 1.34. The van der Waals surface area contributed by atoms with Gasteiger partial charge < -0.3 is 10.4 Å². The summed E-state index contributed by atoms with van der Waals surface area (Å²) in [5.74, 6) is -1.44. The monoisotopic (exact) mass is 325 g/mol. The van der Waals surface area contributed by atoms with Gasteiger partial charge >= 0.3 is 5.97 Å². The Balaban J connectivity index is 1.87. The van der Waals surface area contributed by atoms with Crippen molar-refractivity contribution in [2.45, 2.75) is 26.9 Å². The molecule has 8 nitrogen and oxygen atoms in total. The summed E-state index contributed by atoms with van der Waals surface area (Å²) in [6, 6.07) is 1.34. The molecule has 9 heteroatoms. The maximum atomic E-state index is 11.8. The van der Waals surface area contributed by atoms with E-state index in [4.69, 9.17) is 16.7 Å². The second kappa shape index (κ2) is 6.61. The first-order valence-electron chi connectivity index (χ1n) is 6.61. The minimum atomic E-state index is -1.12. The number of amides is 1. The fourth-order valence-corrected chi connectivity index (χ4v) is 2.16. The van der Waals surface area contributed by atoms with Gasteiger partial charge in [0.1, 0.15) is 12.2 Å². The quantitative estimate of drug-likeness (QED) is 0.820. The Labute approximate surface area is 131 Å². The van der Waals surface area contributed by atoms with Crippen LogP contribution in [0.3, 0.4) is 0 Å². The molecule has 0 aliphatic rings. The van der Waals surface area contributed by atoms with E-state index in [0.717, 1.165) is 16.1 Å². The molecule has 118 valence electrons. The minimum Gasteiger partial charge on any atom is -0.477 e. The molecule has 0 unspecified atom stereocenters. The molecule has 1 amide bonds. The minimum absolute atomic E-state index is 0.0273. The molecule has 0 spiro atoms. The summed E-state index contributed by atoms with van der Waals surface area (Å²) in [7, 11) is 0. The van der Waals surface area contributed by atoms with Crippen molar-refractivity contribution in [2.24, 2.45) is 0 Å².